The van der Waals surface area contributed by atoms with Gasteiger partial charge in [0, 0.05) is 5.39 Å². The summed E-state index contributed by atoms with van der Waals surface area (Å²) in [4.78, 5) is 6.37. The molecule has 30 heavy (non-hydrogen) atoms. The van der Waals surface area contributed by atoms with Crippen molar-refractivity contribution in [3.8, 4) is 5.75 Å². The van der Waals surface area contributed by atoms with Crippen LogP contribution in [0.25, 0.3) is 11.0 Å². The Morgan fingerprint density at radius 1 is 0.933 bits per heavy atom. The second kappa shape index (κ2) is 7.31. The quantitative estimate of drug-likeness (QED) is 0.592. The summed E-state index contributed by atoms with van der Waals surface area (Å²) in [6.45, 7) is 0. The largest absolute Gasteiger partial charge is 0.495 e. The normalized spacial score (nSPS) is 12.8. The maximum absolute atomic E-state index is 13.2. The van der Waals surface area contributed by atoms with Crippen molar-refractivity contribution in [3.05, 3.63) is 53.7 Å². The summed E-state index contributed by atoms with van der Waals surface area (Å²) in [7, 11) is -3.09. The van der Waals surface area contributed by atoms with Crippen molar-refractivity contribution < 1.29 is 39.5 Å². The summed E-state index contributed by atoms with van der Waals surface area (Å²) >= 11 is 0. The number of methoxy groups -OCH3 is 1. The molecule has 13 heteroatoms. The molecule has 1 aromatic carbocycles. The van der Waals surface area contributed by atoms with Crippen molar-refractivity contribution in [2.45, 2.75) is 17.2 Å². The number of ether oxygens (including phenoxy) is 1. The molecule has 0 aliphatic carbocycles. The third-order valence-corrected chi connectivity index (χ3v) is 5.26. The fourth-order valence-corrected chi connectivity index (χ4v) is 3.75. The zero-order valence-corrected chi connectivity index (χ0v) is 15.7. The van der Waals surface area contributed by atoms with E-state index in [1.54, 1.807) is 0 Å². The van der Waals surface area contributed by atoms with Gasteiger partial charge in [0.15, 0.2) is 5.65 Å². The standard InChI is InChI=1S/C17H11F6N3O3S/c1-29-11-4-2-3-5-12(11)30(27,28)26-14-7-6-9-10(16(18,19)20)8-13(17(21,22)23)24-15(9)25-14/h2-8H,1H3,(H,24,25,26). The first-order valence-corrected chi connectivity index (χ1v) is 9.43. The Kier molecular flexibility index (Phi) is 5.26. The first kappa shape index (κ1) is 21.6. The first-order valence-electron chi connectivity index (χ1n) is 7.95. The summed E-state index contributed by atoms with van der Waals surface area (Å²) in [5.74, 6) is -0.545. The van der Waals surface area contributed by atoms with Crippen LogP contribution in [-0.4, -0.2) is 25.5 Å². The topological polar surface area (TPSA) is 81.2 Å². The van der Waals surface area contributed by atoms with E-state index in [4.69, 9.17) is 4.74 Å². The second-order valence-electron chi connectivity index (χ2n) is 5.87. The number of halogens is 6. The van der Waals surface area contributed by atoms with Gasteiger partial charge in [-0.2, -0.15) is 26.3 Å². The average molecular weight is 451 g/mol. The Morgan fingerprint density at radius 2 is 1.60 bits per heavy atom. The Hall–Kier alpha value is -3.09. The number of rotatable bonds is 4. The zero-order valence-electron chi connectivity index (χ0n) is 14.8. The maximum atomic E-state index is 13.2. The van der Waals surface area contributed by atoms with Crippen molar-refractivity contribution in [1.29, 1.82) is 0 Å². The second-order valence-corrected chi connectivity index (χ2v) is 7.53. The molecule has 0 aliphatic rings. The van der Waals surface area contributed by atoms with E-state index in [0.29, 0.717) is 0 Å². The van der Waals surface area contributed by atoms with Crippen LogP contribution >= 0.6 is 0 Å². The van der Waals surface area contributed by atoms with E-state index in [9.17, 15) is 34.8 Å². The summed E-state index contributed by atoms with van der Waals surface area (Å²) < 4.78 is 111. The molecule has 0 aliphatic heterocycles. The number of pyridine rings is 2. The number of nitrogens with one attached hydrogen (secondary N) is 1. The van der Waals surface area contributed by atoms with Crippen LogP contribution < -0.4 is 9.46 Å². The lowest BCUT2D eigenvalue weighted by atomic mass is 10.1. The molecule has 0 atom stereocenters. The zero-order chi connectivity index (χ0) is 22.3. The molecule has 0 saturated carbocycles. The lowest BCUT2D eigenvalue weighted by Crippen LogP contribution is -2.16. The lowest BCUT2D eigenvalue weighted by molar-refractivity contribution is -0.144. The highest BCUT2D eigenvalue weighted by Gasteiger charge is 2.39. The molecule has 160 valence electrons. The minimum Gasteiger partial charge on any atom is -0.495 e. The van der Waals surface area contributed by atoms with Crippen LogP contribution in [0.4, 0.5) is 32.2 Å². The minimum atomic E-state index is -5.16. The predicted octanol–water partition coefficient (Wildman–Crippen LogP) is 4.48. The average Bonchev–Trinajstić information content (AvgIpc) is 2.65. The molecule has 0 saturated heterocycles. The molecule has 1 N–H and O–H groups in total. The van der Waals surface area contributed by atoms with Gasteiger partial charge in [-0.3, -0.25) is 4.72 Å². The van der Waals surface area contributed by atoms with E-state index >= 15 is 0 Å². The van der Waals surface area contributed by atoms with Gasteiger partial charge in [-0.1, -0.05) is 12.1 Å². The molecule has 0 bridgehead atoms. The molecule has 0 amide bonds. The number of sulfonamides is 1. The summed E-state index contributed by atoms with van der Waals surface area (Å²) in [6, 6.07) is 7.02. The van der Waals surface area contributed by atoms with Crippen molar-refractivity contribution in [2.75, 3.05) is 11.8 Å². The van der Waals surface area contributed by atoms with Crippen molar-refractivity contribution in [1.82, 2.24) is 9.97 Å². The Bertz CT molecular complexity index is 1210. The molecule has 2 heterocycles. The van der Waals surface area contributed by atoms with Crippen LogP contribution in [0.5, 0.6) is 5.75 Å². The van der Waals surface area contributed by atoms with Gasteiger partial charge in [0.25, 0.3) is 10.0 Å². The van der Waals surface area contributed by atoms with Gasteiger partial charge < -0.3 is 4.74 Å². The Morgan fingerprint density at radius 3 is 2.20 bits per heavy atom. The van der Waals surface area contributed by atoms with Crippen LogP contribution in [0.15, 0.2) is 47.4 Å². The van der Waals surface area contributed by atoms with Gasteiger partial charge in [-0.15, -0.1) is 0 Å². The van der Waals surface area contributed by atoms with Crippen LogP contribution in [0, 0.1) is 0 Å². The fourth-order valence-electron chi connectivity index (χ4n) is 2.57. The van der Waals surface area contributed by atoms with Gasteiger partial charge >= 0.3 is 12.4 Å². The van der Waals surface area contributed by atoms with Crippen molar-refractivity contribution >= 4 is 26.9 Å². The van der Waals surface area contributed by atoms with Crippen LogP contribution in [0.2, 0.25) is 0 Å². The Labute approximate surface area is 165 Å². The lowest BCUT2D eigenvalue weighted by Gasteiger charge is -2.15. The van der Waals surface area contributed by atoms with E-state index in [-0.39, 0.29) is 16.7 Å². The molecule has 0 spiro atoms. The minimum absolute atomic E-state index is 0.0253. The smallest absolute Gasteiger partial charge is 0.433 e. The highest BCUT2D eigenvalue weighted by molar-refractivity contribution is 7.92. The molecule has 2 aromatic heterocycles. The molecule has 3 rings (SSSR count). The van der Waals surface area contributed by atoms with Gasteiger partial charge in [0.05, 0.1) is 12.7 Å². The van der Waals surface area contributed by atoms with Gasteiger partial charge in [0.1, 0.15) is 22.2 Å². The van der Waals surface area contributed by atoms with E-state index in [1.165, 1.54) is 31.4 Å². The van der Waals surface area contributed by atoms with Crippen LogP contribution in [-0.2, 0) is 22.4 Å². The molecule has 0 fully saturated rings. The van der Waals surface area contributed by atoms with Crippen LogP contribution in [0.3, 0.4) is 0 Å². The number of aromatic nitrogens is 2. The van der Waals surface area contributed by atoms with Gasteiger partial charge in [-0.05, 0) is 30.3 Å². The Balaban J connectivity index is 2.13. The number of hydrogen-bond donors (Lipinski definition) is 1. The van der Waals surface area contributed by atoms with Gasteiger partial charge in [0.2, 0.25) is 0 Å². The third-order valence-electron chi connectivity index (χ3n) is 3.87. The number of para-hydroxylation sites is 1. The number of hydrogen-bond acceptors (Lipinski definition) is 5. The highest BCUT2D eigenvalue weighted by atomic mass is 32.2. The van der Waals surface area contributed by atoms with Gasteiger partial charge in [-0.25, -0.2) is 18.4 Å². The van der Waals surface area contributed by atoms with E-state index in [0.717, 1.165) is 12.1 Å². The number of benzene rings is 1. The molecule has 0 unspecified atom stereocenters. The number of nitrogens with zero attached hydrogens (tertiary/aromatic N) is 2. The number of anilines is 1. The molecular formula is C17H11F6N3O3S. The van der Waals surface area contributed by atoms with E-state index < -0.39 is 50.5 Å². The SMILES string of the molecule is COc1ccccc1S(=O)(=O)Nc1ccc2c(C(F)(F)F)cc(C(F)(F)F)nc2n1. The number of fused-ring (bicyclic) bond motifs is 1. The third kappa shape index (κ3) is 4.25. The maximum Gasteiger partial charge on any atom is 0.433 e. The van der Waals surface area contributed by atoms with E-state index in [2.05, 4.69) is 9.97 Å². The molecule has 0 radical (unpaired) electrons. The highest BCUT2D eigenvalue weighted by Crippen LogP contribution is 2.38. The predicted molar refractivity (Wildman–Crippen MR) is 93.3 cm³/mol. The summed E-state index contributed by atoms with van der Waals surface area (Å²) in [5, 5.41) is -0.712. The first-order chi connectivity index (χ1) is 13.8. The fraction of sp³-hybridized carbons (Fsp3) is 0.176. The van der Waals surface area contributed by atoms with E-state index in [1.807, 2.05) is 4.72 Å². The molecule has 3 aromatic rings. The summed E-state index contributed by atoms with van der Waals surface area (Å²) in [6.07, 6.45) is -10.3. The molecule has 6 nitrogen and oxygen atoms in total. The summed E-state index contributed by atoms with van der Waals surface area (Å²) in [5.41, 5.74) is -4.32. The number of alkyl halides is 6. The monoisotopic (exact) mass is 451 g/mol. The van der Waals surface area contributed by atoms with Crippen molar-refractivity contribution in [3.63, 3.8) is 0 Å². The molecular weight excluding hydrogens is 440 g/mol. The van der Waals surface area contributed by atoms with Crippen molar-refractivity contribution in [2.24, 2.45) is 0 Å². The van der Waals surface area contributed by atoms with Crippen LogP contribution in [0.1, 0.15) is 11.3 Å².